The van der Waals surface area contributed by atoms with Gasteiger partial charge in [-0.3, -0.25) is 0 Å². The number of rotatable bonds is 2. The van der Waals surface area contributed by atoms with Crippen molar-refractivity contribution in [2.75, 3.05) is 0 Å². The van der Waals surface area contributed by atoms with Gasteiger partial charge in [-0.05, 0) is 0 Å². The van der Waals surface area contributed by atoms with E-state index in [1.165, 1.54) is 0 Å². The summed E-state index contributed by atoms with van der Waals surface area (Å²) in [4.78, 5) is 4.29. The number of aromatic nitrogens is 2. The summed E-state index contributed by atoms with van der Waals surface area (Å²) in [6.07, 6.45) is 0. The Morgan fingerprint density at radius 2 is 1.92 bits per heavy atom. The van der Waals surface area contributed by atoms with Gasteiger partial charge in [0.25, 0.3) is 0 Å². The maximum atomic E-state index is 5.14. The van der Waals surface area contributed by atoms with Crippen LogP contribution in [0.1, 0.15) is 40.5 Å². The molecule has 0 aliphatic carbocycles. The third-order valence-corrected chi connectivity index (χ3v) is 1.57. The normalized spacial score (nSPS) is 12.2. The molecule has 1 rings (SSSR count). The molecule has 1 radical (unpaired) electrons. The van der Waals surface area contributed by atoms with E-state index < -0.39 is 0 Å². The van der Waals surface area contributed by atoms with Crippen LogP contribution in [0.25, 0.3) is 0 Å². The van der Waals surface area contributed by atoms with E-state index in [4.69, 9.17) is 4.52 Å². The van der Waals surface area contributed by atoms with Crippen LogP contribution in [0.3, 0.4) is 0 Å². The predicted octanol–water partition coefficient (Wildman–Crippen LogP) is 1.52. The van der Waals surface area contributed by atoms with E-state index in [1.807, 2.05) is 7.28 Å². The molecular weight excluding hydrogens is 163 g/mol. The van der Waals surface area contributed by atoms with E-state index >= 15 is 0 Å². The first-order valence-corrected chi connectivity index (χ1v) is 4.58. The van der Waals surface area contributed by atoms with Crippen LogP contribution in [0.4, 0.5) is 0 Å². The van der Waals surface area contributed by atoms with Crippen molar-refractivity contribution in [3.63, 3.8) is 0 Å². The summed E-state index contributed by atoms with van der Waals surface area (Å²) in [5, 5.41) is 3.88. The van der Waals surface area contributed by atoms with Gasteiger partial charge in [-0.15, -0.1) is 0 Å². The van der Waals surface area contributed by atoms with Crippen LogP contribution in [0.5, 0.6) is 0 Å². The van der Waals surface area contributed by atoms with Crippen LogP contribution < -0.4 is 5.72 Å². The Balaban J connectivity index is 2.75. The van der Waals surface area contributed by atoms with Gasteiger partial charge in [0.1, 0.15) is 5.72 Å². The van der Waals surface area contributed by atoms with Crippen LogP contribution in [0.2, 0.25) is 5.82 Å². The summed E-state index contributed by atoms with van der Waals surface area (Å²) in [6, 6.07) is 0. The highest BCUT2D eigenvalue weighted by molar-refractivity contribution is 6.52. The standard InChI is InChI=1S/C9H16BN2O/c1-6(2)10-8-11-7(13-12-8)9(3,4)5/h6H,1-5H3. The molecule has 0 aromatic carbocycles. The molecule has 0 aliphatic heterocycles. The zero-order valence-electron chi connectivity index (χ0n) is 8.96. The molecule has 0 saturated heterocycles. The van der Waals surface area contributed by atoms with E-state index in [-0.39, 0.29) is 5.41 Å². The Labute approximate surface area is 80.2 Å². The van der Waals surface area contributed by atoms with Gasteiger partial charge in [-0.1, -0.05) is 45.6 Å². The SMILES string of the molecule is CC(C)[B]c1noc(C(C)(C)C)n1. The maximum Gasteiger partial charge on any atom is 0.231 e. The summed E-state index contributed by atoms with van der Waals surface area (Å²) in [5.74, 6) is 1.14. The molecule has 0 spiro atoms. The minimum atomic E-state index is -0.0595. The Bertz CT molecular complexity index is 275. The van der Waals surface area contributed by atoms with Crippen molar-refractivity contribution in [1.29, 1.82) is 0 Å². The topological polar surface area (TPSA) is 38.9 Å². The molecule has 0 unspecified atom stereocenters. The minimum Gasteiger partial charge on any atom is -0.340 e. The van der Waals surface area contributed by atoms with Crippen LogP contribution in [-0.2, 0) is 5.41 Å². The number of hydrogen-bond donors (Lipinski definition) is 0. The lowest BCUT2D eigenvalue weighted by molar-refractivity contribution is 0.321. The second kappa shape index (κ2) is 3.52. The van der Waals surface area contributed by atoms with E-state index in [1.54, 1.807) is 0 Å². The summed E-state index contributed by atoms with van der Waals surface area (Å²) < 4.78 is 5.14. The maximum absolute atomic E-state index is 5.14. The Morgan fingerprint density at radius 3 is 2.31 bits per heavy atom. The molecule has 1 aromatic rings. The van der Waals surface area contributed by atoms with E-state index in [0.717, 1.165) is 0 Å². The second-order valence-corrected chi connectivity index (χ2v) is 4.62. The van der Waals surface area contributed by atoms with Crippen LogP contribution in [-0.4, -0.2) is 17.4 Å². The first kappa shape index (κ1) is 10.3. The lowest BCUT2D eigenvalue weighted by Gasteiger charge is -2.10. The molecule has 0 atom stereocenters. The van der Waals surface area contributed by atoms with Crippen molar-refractivity contribution in [3.05, 3.63) is 5.89 Å². The Hall–Kier alpha value is -0.795. The van der Waals surface area contributed by atoms with Crippen molar-refractivity contribution in [3.8, 4) is 0 Å². The third-order valence-electron chi connectivity index (χ3n) is 1.57. The van der Waals surface area contributed by atoms with Gasteiger partial charge < -0.3 is 4.52 Å². The molecule has 71 valence electrons. The fraction of sp³-hybridized carbons (Fsp3) is 0.778. The van der Waals surface area contributed by atoms with Gasteiger partial charge in [0, 0.05) is 5.41 Å². The molecule has 0 amide bonds. The van der Waals surface area contributed by atoms with Crippen molar-refractivity contribution < 1.29 is 4.52 Å². The van der Waals surface area contributed by atoms with Crippen molar-refractivity contribution in [2.24, 2.45) is 0 Å². The molecular formula is C9H16BN2O. The predicted molar refractivity (Wildman–Crippen MR) is 53.5 cm³/mol. The van der Waals surface area contributed by atoms with Crippen molar-refractivity contribution in [2.45, 2.75) is 45.9 Å². The Kier molecular flexibility index (Phi) is 2.79. The van der Waals surface area contributed by atoms with E-state index in [9.17, 15) is 0 Å². The molecule has 13 heavy (non-hydrogen) atoms. The van der Waals surface area contributed by atoms with E-state index in [0.29, 0.717) is 17.4 Å². The first-order chi connectivity index (χ1) is 5.89. The molecule has 1 heterocycles. The van der Waals surface area contributed by atoms with Crippen LogP contribution in [0, 0.1) is 0 Å². The van der Waals surface area contributed by atoms with Gasteiger partial charge in [-0.2, -0.15) is 0 Å². The zero-order chi connectivity index (χ0) is 10.1. The summed E-state index contributed by atoms with van der Waals surface area (Å²) in [6.45, 7) is 10.3. The molecule has 0 bridgehead atoms. The summed E-state index contributed by atoms with van der Waals surface area (Å²) in [7, 11) is 1.98. The third kappa shape index (κ3) is 2.86. The summed E-state index contributed by atoms with van der Waals surface area (Å²) >= 11 is 0. The molecule has 4 heteroatoms. The highest BCUT2D eigenvalue weighted by Gasteiger charge is 2.21. The Morgan fingerprint density at radius 1 is 1.31 bits per heavy atom. The number of nitrogens with zero attached hydrogens (tertiary/aromatic N) is 2. The molecule has 3 nitrogen and oxygen atoms in total. The van der Waals surface area contributed by atoms with Gasteiger partial charge in [0.15, 0.2) is 0 Å². The smallest absolute Gasteiger partial charge is 0.231 e. The number of hydrogen-bond acceptors (Lipinski definition) is 3. The fourth-order valence-corrected chi connectivity index (χ4v) is 0.905. The van der Waals surface area contributed by atoms with Crippen molar-refractivity contribution in [1.82, 2.24) is 10.1 Å². The monoisotopic (exact) mass is 179 g/mol. The quantitative estimate of drug-likeness (QED) is 0.646. The molecule has 0 fully saturated rings. The first-order valence-electron chi connectivity index (χ1n) is 4.58. The van der Waals surface area contributed by atoms with Gasteiger partial charge in [-0.25, -0.2) is 4.98 Å². The largest absolute Gasteiger partial charge is 0.340 e. The molecule has 0 N–H and O–H groups in total. The van der Waals surface area contributed by atoms with E-state index in [2.05, 4.69) is 44.8 Å². The average molecular weight is 179 g/mol. The highest BCUT2D eigenvalue weighted by atomic mass is 16.5. The molecule has 0 saturated carbocycles. The van der Waals surface area contributed by atoms with Gasteiger partial charge >= 0.3 is 0 Å². The lowest BCUT2D eigenvalue weighted by Crippen LogP contribution is -2.22. The van der Waals surface area contributed by atoms with Crippen LogP contribution in [0.15, 0.2) is 4.52 Å². The van der Waals surface area contributed by atoms with Gasteiger partial charge in [0.2, 0.25) is 13.2 Å². The van der Waals surface area contributed by atoms with Crippen molar-refractivity contribution >= 4 is 13.0 Å². The molecule has 0 aliphatic rings. The second-order valence-electron chi connectivity index (χ2n) is 4.62. The fourth-order valence-electron chi connectivity index (χ4n) is 0.905. The highest BCUT2D eigenvalue weighted by Crippen LogP contribution is 2.17. The lowest BCUT2D eigenvalue weighted by atomic mass is 9.66. The average Bonchev–Trinajstić information content (AvgIpc) is 2.32. The molecule has 1 aromatic heterocycles. The minimum absolute atomic E-state index is 0.0595. The van der Waals surface area contributed by atoms with Crippen LogP contribution >= 0.6 is 0 Å². The summed E-state index contributed by atoms with van der Waals surface area (Å²) in [5.41, 5.74) is 0.635. The zero-order valence-corrected chi connectivity index (χ0v) is 8.96. The van der Waals surface area contributed by atoms with Gasteiger partial charge in [0.05, 0.1) is 0 Å².